The van der Waals surface area contributed by atoms with Gasteiger partial charge in [0.2, 0.25) is 5.91 Å². The van der Waals surface area contributed by atoms with Gasteiger partial charge in [-0.05, 0) is 48.6 Å². The first kappa shape index (κ1) is 18.1. The summed E-state index contributed by atoms with van der Waals surface area (Å²) in [5, 5.41) is 10.8. The minimum atomic E-state index is -0.176. The van der Waals surface area contributed by atoms with Gasteiger partial charge in [-0.3, -0.25) is 9.59 Å². The number of benzene rings is 2. The van der Waals surface area contributed by atoms with Crippen molar-refractivity contribution >= 4 is 17.4 Å². The molecule has 2 aromatic carbocycles. The number of rotatable bonds is 6. The van der Waals surface area contributed by atoms with Crippen LogP contribution in [0.4, 0.5) is 5.69 Å². The Morgan fingerprint density at radius 2 is 1.93 bits per heavy atom. The van der Waals surface area contributed by atoms with Gasteiger partial charge in [-0.25, -0.2) is 0 Å². The van der Waals surface area contributed by atoms with Crippen LogP contribution in [0.1, 0.15) is 40.7 Å². The number of carbonyl (C=O) groups is 2. The molecule has 0 fully saturated rings. The van der Waals surface area contributed by atoms with Gasteiger partial charge >= 0.3 is 0 Å². The molecule has 0 spiro atoms. The first-order chi connectivity index (χ1) is 13.6. The van der Waals surface area contributed by atoms with Crippen molar-refractivity contribution in [2.24, 2.45) is 7.05 Å². The van der Waals surface area contributed by atoms with Gasteiger partial charge in [0.25, 0.3) is 0 Å². The maximum absolute atomic E-state index is 12.5. The summed E-state index contributed by atoms with van der Waals surface area (Å²) in [6, 6.07) is 13.4. The topological polar surface area (TPSA) is 76.9 Å². The van der Waals surface area contributed by atoms with Crippen molar-refractivity contribution < 1.29 is 9.59 Å². The molecule has 0 atom stereocenters. The van der Waals surface area contributed by atoms with Crippen LogP contribution < -0.4 is 5.32 Å². The number of carbonyl (C=O) groups excluding carboxylic acids is 2. The summed E-state index contributed by atoms with van der Waals surface area (Å²) in [7, 11) is 1.87. The highest BCUT2D eigenvalue weighted by Gasteiger charge is 2.15. The summed E-state index contributed by atoms with van der Waals surface area (Å²) in [5.74, 6) is 0.560. The molecule has 1 heterocycles. The number of aryl methyl sites for hydroxylation is 3. The Morgan fingerprint density at radius 3 is 2.75 bits per heavy atom. The zero-order valence-electron chi connectivity index (χ0n) is 15.8. The Morgan fingerprint density at radius 1 is 1.07 bits per heavy atom. The summed E-state index contributed by atoms with van der Waals surface area (Å²) in [4.78, 5) is 24.8. The van der Waals surface area contributed by atoms with Crippen molar-refractivity contribution in [3.63, 3.8) is 0 Å². The Kier molecular flexibility index (Phi) is 5.02. The summed E-state index contributed by atoms with van der Waals surface area (Å²) in [6.07, 6.45) is 5.28. The van der Waals surface area contributed by atoms with Crippen LogP contribution in [0.2, 0.25) is 0 Å². The lowest BCUT2D eigenvalue weighted by molar-refractivity contribution is -0.116. The van der Waals surface area contributed by atoms with Crippen LogP contribution >= 0.6 is 0 Å². The van der Waals surface area contributed by atoms with E-state index in [1.165, 1.54) is 11.1 Å². The first-order valence-electron chi connectivity index (χ1n) is 9.49. The molecule has 1 aliphatic rings. The van der Waals surface area contributed by atoms with Crippen LogP contribution in [0, 0.1) is 0 Å². The Bertz CT molecular complexity index is 1040. The third kappa shape index (κ3) is 3.86. The number of amides is 1. The lowest BCUT2D eigenvalue weighted by Crippen LogP contribution is -2.13. The van der Waals surface area contributed by atoms with Gasteiger partial charge in [0.1, 0.15) is 6.33 Å². The van der Waals surface area contributed by atoms with Crippen molar-refractivity contribution in [2.75, 3.05) is 5.32 Å². The van der Waals surface area contributed by atoms with Gasteiger partial charge < -0.3 is 9.88 Å². The average Bonchev–Trinajstić information content (AvgIpc) is 3.34. The lowest BCUT2D eigenvalue weighted by Gasteiger charge is -2.08. The molecule has 3 aromatic rings. The van der Waals surface area contributed by atoms with E-state index >= 15 is 0 Å². The predicted octanol–water partition coefficient (Wildman–Crippen LogP) is 3.57. The number of anilines is 1. The molecule has 4 rings (SSSR count). The third-order valence-electron chi connectivity index (χ3n) is 5.12. The molecule has 1 aromatic heterocycles. The van der Waals surface area contributed by atoms with Crippen LogP contribution in [-0.4, -0.2) is 26.5 Å². The zero-order valence-corrected chi connectivity index (χ0v) is 15.8. The first-order valence-corrected chi connectivity index (χ1v) is 9.49. The van der Waals surface area contributed by atoms with Gasteiger partial charge in [0.15, 0.2) is 11.6 Å². The highest BCUT2D eigenvalue weighted by Crippen LogP contribution is 2.24. The third-order valence-corrected chi connectivity index (χ3v) is 5.12. The number of Topliss-reactive ketones (excluding diaryl/α,β-unsaturated/α-hetero) is 1. The van der Waals surface area contributed by atoms with Crippen LogP contribution in [-0.2, 0) is 24.7 Å². The standard InChI is InChI=1S/C22H22N4O2/c1-26-14-23-25-22(26)18-6-3-7-19(13-18)24-21(28)11-10-20(27)17-9-8-15-4-2-5-16(15)12-17/h3,6-9,12-14H,2,4-5,10-11H2,1H3,(H,24,28). The number of fused-ring (bicyclic) bond motifs is 1. The molecule has 1 N–H and O–H groups in total. The summed E-state index contributed by atoms with van der Waals surface area (Å²) >= 11 is 0. The SMILES string of the molecule is Cn1cnnc1-c1cccc(NC(=O)CCC(=O)c2ccc3c(c2)CCC3)c1. The summed E-state index contributed by atoms with van der Waals surface area (Å²) < 4.78 is 1.82. The normalized spacial score (nSPS) is 12.6. The van der Waals surface area contributed by atoms with Crippen molar-refractivity contribution in [1.29, 1.82) is 0 Å². The fourth-order valence-corrected chi connectivity index (χ4v) is 3.62. The number of ketones is 1. The van der Waals surface area contributed by atoms with E-state index in [0.29, 0.717) is 11.3 Å². The Hall–Kier alpha value is -3.28. The van der Waals surface area contributed by atoms with Crippen molar-refractivity contribution in [1.82, 2.24) is 14.8 Å². The highest BCUT2D eigenvalue weighted by atomic mass is 16.2. The fraction of sp³-hybridized carbons (Fsp3) is 0.273. The maximum atomic E-state index is 12.5. The van der Waals surface area contributed by atoms with E-state index in [2.05, 4.69) is 15.5 Å². The highest BCUT2D eigenvalue weighted by molar-refractivity contribution is 6.00. The molecule has 0 saturated heterocycles. The van der Waals surface area contributed by atoms with Crippen LogP contribution in [0.25, 0.3) is 11.4 Å². The van der Waals surface area contributed by atoms with Crippen molar-refractivity contribution in [3.8, 4) is 11.4 Å². The predicted molar refractivity (Wildman–Crippen MR) is 107 cm³/mol. The van der Waals surface area contributed by atoms with E-state index in [1.54, 1.807) is 6.33 Å². The quantitative estimate of drug-likeness (QED) is 0.669. The minimum absolute atomic E-state index is 0.0117. The molecule has 1 aliphatic carbocycles. The zero-order chi connectivity index (χ0) is 19.5. The second kappa shape index (κ2) is 7.76. The van der Waals surface area contributed by atoms with E-state index in [-0.39, 0.29) is 24.5 Å². The van der Waals surface area contributed by atoms with E-state index in [1.807, 2.05) is 54.1 Å². The van der Waals surface area contributed by atoms with Crippen LogP contribution in [0.3, 0.4) is 0 Å². The molecule has 0 bridgehead atoms. The molecule has 1 amide bonds. The molecule has 28 heavy (non-hydrogen) atoms. The second-order valence-corrected chi connectivity index (χ2v) is 7.15. The molecule has 0 radical (unpaired) electrons. The lowest BCUT2D eigenvalue weighted by atomic mass is 10.0. The maximum Gasteiger partial charge on any atom is 0.224 e. The van der Waals surface area contributed by atoms with Gasteiger partial charge in [0.05, 0.1) is 0 Å². The van der Waals surface area contributed by atoms with Gasteiger partial charge in [-0.2, -0.15) is 0 Å². The molecule has 0 aliphatic heterocycles. The fourth-order valence-electron chi connectivity index (χ4n) is 3.62. The Labute approximate surface area is 163 Å². The van der Waals surface area contributed by atoms with Gasteiger partial charge in [0, 0.05) is 36.7 Å². The minimum Gasteiger partial charge on any atom is -0.326 e. The van der Waals surface area contributed by atoms with E-state index in [0.717, 1.165) is 30.7 Å². The number of nitrogens with zero attached hydrogens (tertiary/aromatic N) is 3. The number of nitrogens with one attached hydrogen (secondary N) is 1. The van der Waals surface area contributed by atoms with E-state index in [4.69, 9.17) is 0 Å². The molecule has 6 nitrogen and oxygen atoms in total. The Balaban J connectivity index is 1.36. The van der Waals surface area contributed by atoms with Crippen molar-refractivity contribution in [2.45, 2.75) is 32.1 Å². The summed E-state index contributed by atoms with van der Waals surface area (Å²) in [6.45, 7) is 0. The number of hydrogen-bond acceptors (Lipinski definition) is 4. The molecular formula is C22H22N4O2. The van der Waals surface area contributed by atoms with E-state index in [9.17, 15) is 9.59 Å². The average molecular weight is 374 g/mol. The van der Waals surface area contributed by atoms with Crippen LogP contribution in [0.5, 0.6) is 0 Å². The molecule has 142 valence electrons. The molecule has 0 saturated carbocycles. The van der Waals surface area contributed by atoms with Gasteiger partial charge in [-0.15, -0.1) is 10.2 Å². The molecule has 0 unspecified atom stereocenters. The largest absolute Gasteiger partial charge is 0.326 e. The number of aromatic nitrogens is 3. The van der Waals surface area contributed by atoms with E-state index < -0.39 is 0 Å². The number of hydrogen-bond donors (Lipinski definition) is 1. The monoisotopic (exact) mass is 374 g/mol. The summed E-state index contributed by atoms with van der Waals surface area (Å²) in [5.41, 5.74) is 4.87. The second-order valence-electron chi connectivity index (χ2n) is 7.15. The van der Waals surface area contributed by atoms with Gasteiger partial charge in [-0.1, -0.05) is 24.3 Å². The van der Waals surface area contributed by atoms with Crippen molar-refractivity contribution in [3.05, 3.63) is 65.5 Å². The molecular weight excluding hydrogens is 352 g/mol. The smallest absolute Gasteiger partial charge is 0.224 e. The van der Waals surface area contributed by atoms with Crippen LogP contribution in [0.15, 0.2) is 48.8 Å². The molecule has 6 heteroatoms.